The van der Waals surface area contributed by atoms with E-state index in [-0.39, 0.29) is 5.92 Å². The Hall–Kier alpha value is -7.23. The first-order valence-corrected chi connectivity index (χ1v) is 27.5. The van der Waals surface area contributed by atoms with Crippen LogP contribution in [0.4, 0.5) is 0 Å². The lowest BCUT2D eigenvalue weighted by molar-refractivity contribution is -0.661. The molecule has 3 heterocycles. The molecule has 0 unspecified atom stereocenters. The molecule has 6 aromatic carbocycles. The van der Waals surface area contributed by atoms with E-state index in [0.717, 1.165) is 73.4 Å². The largest absolute Gasteiger partial charge is 0.212 e. The summed E-state index contributed by atoms with van der Waals surface area (Å²) in [4.78, 5) is 0. The number of aryl methyl sites for hydroxylation is 12. The summed E-state index contributed by atoms with van der Waals surface area (Å²) in [5, 5.41) is 0. The van der Waals surface area contributed by atoms with Crippen LogP contribution in [0.25, 0.3) is 67.2 Å². The van der Waals surface area contributed by atoms with Crippen molar-refractivity contribution in [3.8, 4) is 67.2 Å². The van der Waals surface area contributed by atoms with Crippen molar-refractivity contribution < 1.29 is 26.0 Å². The van der Waals surface area contributed by atoms with Crippen LogP contribution in [0.5, 0.6) is 0 Å². The Morgan fingerprint density at radius 3 is 1.12 bits per heavy atom. The van der Waals surface area contributed by atoms with E-state index in [2.05, 4.69) is 114 Å². The third-order valence-corrected chi connectivity index (χ3v) is 14.6. The first-order chi connectivity index (χ1) is 40.4. The SMILES string of the molecule is Cc1cc(-c2cc(-c3ccccc3)c(C)cc2C)[n+](C)cc1CC(C)(C)C.[2H]C([2H])([2H])c1cc(C)c(-c2cc(C)c(C([2H])(C)C)c[n+]2C)cc1-c1ccccc1.[2H]C([2H])([2H])c1cc(C)c(-c2cc(C)c(C([2H])([2H])C(C)C)c[n+]2C)cc1-c1ccccc1. The molecule has 0 atom stereocenters. The van der Waals surface area contributed by atoms with Crippen LogP contribution >= 0.6 is 0 Å². The lowest BCUT2D eigenvalue weighted by Gasteiger charge is -2.19. The van der Waals surface area contributed by atoms with Crippen molar-refractivity contribution in [2.75, 3.05) is 0 Å². The zero-order chi connectivity index (χ0) is 64.5. The van der Waals surface area contributed by atoms with Gasteiger partial charge < -0.3 is 0 Å². The second-order valence-corrected chi connectivity index (χ2v) is 23.3. The molecule has 9 aromatic rings. The molecule has 0 spiro atoms. The van der Waals surface area contributed by atoms with Gasteiger partial charge in [-0.3, -0.25) is 0 Å². The fourth-order valence-corrected chi connectivity index (χ4v) is 10.6. The number of pyridine rings is 3. The highest BCUT2D eigenvalue weighted by molar-refractivity contribution is 5.78. The summed E-state index contributed by atoms with van der Waals surface area (Å²) in [6, 6.07) is 48.6. The summed E-state index contributed by atoms with van der Waals surface area (Å²) in [5.74, 6) is -0.836. The Kier molecular flexibility index (Phi) is 15.0. The second kappa shape index (κ2) is 25.1. The topological polar surface area (TPSA) is 11.6 Å². The Labute approximate surface area is 484 Å². The predicted molar refractivity (Wildman–Crippen MR) is 334 cm³/mol. The van der Waals surface area contributed by atoms with E-state index in [1.165, 1.54) is 44.6 Å². The van der Waals surface area contributed by atoms with Crippen molar-refractivity contribution in [3.05, 3.63) is 231 Å². The molecule has 402 valence electrons. The van der Waals surface area contributed by atoms with Crippen LogP contribution in [0.2, 0.25) is 0 Å². The number of hydrogen-bond acceptors (Lipinski definition) is 0. The second-order valence-electron chi connectivity index (χ2n) is 23.3. The van der Waals surface area contributed by atoms with Crippen molar-refractivity contribution >= 4 is 0 Å². The van der Waals surface area contributed by atoms with Gasteiger partial charge in [0.2, 0.25) is 17.1 Å². The molecule has 0 fully saturated rings. The lowest BCUT2D eigenvalue weighted by Crippen LogP contribution is -2.32. The van der Waals surface area contributed by atoms with Gasteiger partial charge in [0.1, 0.15) is 21.1 Å². The van der Waals surface area contributed by atoms with Crippen LogP contribution in [0, 0.1) is 73.5 Å². The Morgan fingerprint density at radius 1 is 0.410 bits per heavy atom. The molecule has 0 aliphatic rings. The van der Waals surface area contributed by atoms with Gasteiger partial charge in [-0.15, -0.1) is 0 Å². The highest BCUT2D eigenvalue weighted by Crippen LogP contribution is 2.35. The monoisotopic (exact) mass is 1040 g/mol. The zero-order valence-electron chi connectivity index (χ0n) is 58.7. The molecule has 9 rings (SSSR count). The van der Waals surface area contributed by atoms with Crippen molar-refractivity contribution in [2.24, 2.45) is 32.5 Å². The summed E-state index contributed by atoms with van der Waals surface area (Å²) < 4.78 is 79.8. The first kappa shape index (κ1) is 46.8. The van der Waals surface area contributed by atoms with Gasteiger partial charge in [-0.25, -0.2) is 13.7 Å². The minimum absolute atomic E-state index is 0.151. The summed E-state index contributed by atoms with van der Waals surface area (Å²) >= 11 is 0. The third kappa shape index (κ3) is 14.1. The molecule has 0 aliphatic heterocycles. The molecule has 0 N–H and O–H groups in total. The number of benzene rings is 6. The summed E-state index contributed by atoms with van der Waals surface area (Å²) in [7, 11) is 6.06. The van der Waals surface area contributed by atoms with E-state index in [0.29, 0.717) is 27.7 Å². The molecule has 0 aliphatic carbocycles. The minimum atomic E-state index is -2.22. The smallest absolute Gasteiger partial charge is 0.201 e. The third-order valence-electron chi connectivity index (χ3n) is 14.6. The van der Waals surface area contributed by atoms with Gasteiger partial charge in [0.05, 0.1) is 0 Å². The number of hydrogen-bond donors (Lipinski definition) is 0. The summed E-state index contributed by atoms with van der Waals surface area (Å²) in [6.07, 6.45) is 5.85. The number of aromatic nitrogens is 3. The Balaban J connectivity index is 0.000000187. The molecule has 0 radical (unpaired) electrons. The highest BCUT2D eigenvalue weighted by atomic mass is 14.9. The fourth-order valence-electron chi connectivity index (χ4n) is 10.6. The van der Waals surface area contributed by atoms with E-state index in [1.807, 2.05) is 170 Å². The quantitative estimate of drug-likeness (QED) is 0.121. The molecular formula is C75H90N3+3. The highest BCUT2D eigenvalue weighted by Gasteiger charge is 2.23. The van der Waals surface area contributed by atoms with Gasteiger partial charge in [0, 0.05) is 63.9 Å². The van der Waals surface area contributed by atoms with E-state index in [9.17, 15) is 0 Å². The zero-order valence-corrected chi connectivity index (χ0v) is 49.7. The van der Waals surface area contributed by atoms with Crippen molar-refractivity contribution in [1.82, 2.24) is 0 Å². The minimum Gasteiger partial charge on any atom is -0.201 e. The van der Waals surface area contributed by atoms with Gasteiger partial charge >= 0.3 is 0 Å². The maximum absolute atomic E-state index is 8.51. The summed E-state index contributed by atoms with van der Waals surface area (Å²) in [5.41, 5.74) is 24.1. The average Bonchev–Trinajstić information content (AvgIpc) is 0.884. The molecule has 0 saturated carbocycles. The fraction of sp³-hybridized carbons (Fsp3) is 0.320. The Morgan fingerprint density at radius 2 is 0.744 bits per heavy atom. The van der Waals surface area contributed by atoms with Gasteiger partial charge in [-0.05, 0) is 194 Å². The first-order valence-electron chi connectivity index (χ1n) is 32.0. The molecule has 0 amide bonds. The van der Waals surface area contributed by atoms with E-state index >= 15 is 0 Å². The van der Waals surface area contributed by atoms with Crippen LogP contribution in [0.3, 0.4) is 0 Å². The molecule has 3 aromatic heterocycles. The summed E-state index contributed by atoms with van der Waals surface area (Å²) in [6.45, 7) is 24.6. The van der Waals surface area contributed by atoms with E-state index < -0.39 is 26.0 Å². The van der Waals surface area contributed by atoms with Crippen LogP contribution in [0.15, 0.2) is 164 Å². The average molecular weight is 1040 g/mol. The molecule has 78 heavy (non-hydrogen) atoms. The maximum atomic E-state index is 8.51. The number of nitrogens with zero attached hydrogens (tertiary/aromatic N) is 3. The van der Waals surface area contributed by atoms with Gasteiger partial charge in [0.15, 0.2) is 18.6 Å². The standard InChI is InChI=1S/C26H32N.C25H30N.C24H28N/c1-18-14-25(27(7)17-22(18)16-26(4,5)6)24-15-23(19(2)13-20(24)3)21-11-9-8-10-12-21;1-17(2)12-22-16-26(6)25(14-18(22)3)24-15-23(19(4)13-20(24)5)21-10-8-7-9-11-21;1-16(2)23-15-25(6)24(13-19(23)5)22-14-21(17(3)12-18(22)4)20-10-8-7-9-11-20/h8-15,17H,16H2,1-7H3;7-11,13-17H,12H2,1-6H3;7-16H,1-6H3/q3*+1/i;4D3,12D2;3D3,16D. The van der Waals surface area contributed by atoms with E-state index in [4.69, 9.17) is 12.3 Å². The molecular weight excluding hydrogens is 943 g/mol. The predicted octanol–water partition coefficient (Wildman–Crippen LogP) is 18.2. The van der Waals surface area contributed by atoms with Gasteiger partial charge in [-0.1, -0.05) is 158 Å². The molecule has 3 nitrogen and oxygen atoms in total. The molecule has 3 heteroatoms. The number of rotatable bonds is 10. The lowest BCUT2D eigenvalue weighted by atomic mass is 9.86. The van der Waals surface area contributed by atoms with Crippen molar-refractivity contribution in [2.45, 2.75) is 129 Å². The van der Waals surface area contributed by atoms with Crippen molar-refractivity contribution in [3.63, 3.8) is 0 Å². The van der Waals surface area contributed by atoms with Crippen LogP contribution in [-0.4, -0.2) is 0 Å². The van der Waals surface area contributed by atoms with Crippen LogP contribution in [-0.2, 0) is 33.9 Å². The van der Waals surface area contributed by atoms with Crippen LogP contribution < -0.4 is 13.7 Å². The normalized spacial score (nSPS) is 13.7. The Bertz CT molecular complexity index is 3920. The maximum Gasteiger partial charge on any atom is 0.212 e. The molecule has 0 bridgehead atoms. The van der Waals surface area contributed by atoms with Crippen LogP contribution in [0.1, 0.15) is 133 Å². The van der Waals surface area contributed by atoms with Crippen molar-refractivity contribution in [1.29, 1.82) is 0 Å². The van der Waals surface area contributed by atoms with Gasteiger partial charge in [-0.2, -0.15) is 0 Å². The van der Waals surface area contributed by atoms with Gasteiger partial charge in [0.25, 0.3) is 0 Å². The van der Waals surface area contributed by atoms with E-state index in [1.54, 1.807) is 12.1 Å². The molecule has 0 saturated heterocycles.